The Morgan fingerprint density at radius 2 is 1.89 bits per heavy atom. The van der Waals surface area contributed by atoms with Crippen molar-refractivity contribution in [3.63, 3.8) is 0 Å². The molecule has 0 bridgehead atoms. The summed E-state index contributed by atoms with van der Waals surface area (Å²) in [4.78, 5) is 32.1. The Kier molecular flexibility index (Phi) is 6.84. The smallest absolute Gasteiger partial charge is 0.383 e. The first-order chi connectivity index (χ1) is 13.0. The van der Waals surface area contributed by atoms with Crippen molar-refractivity contribution in [3.05, 3.63) is 17.1 Å². The van der Waals surface area contributed by atoms with Gasteiger partial charge in [-0.15, -0.1) is 0 Å². The molecule has 1 aromatic rings. The predicted molar refractivity (Wildman–Crippen MR) is 97.1 cm³/mol. The quantitative estimate of drug-likeness (QED) is 0.787. The number of nitrogen functional groups attached to an aromatic ring is 1. The lowest BCUT2D eigenvalue weighted by Gasteiger charge is -2.33. The van der Waals surface area contributed by atoms with Crippen LogP contribution in [-0.4, -0.2) is 45.8 Å². The van der Waals surface area contributed by atoms with E-state index in [-0.39, 0.29) is 23.3 Å². The molecule has 1 aliphatic rings. The Labute approximate surface area is 161 Å². The van der Waals surface area contributed by atoms with Crippen molar-refractivity contribution < 1.29 is 22.8 Å². The normalized spacial score (nSPS) is 16.7. The van der Waals surface area contributed by atoms with E-state index in [0.29, 0.717) is 31.0 Å². The number of rotatable bonds is 5. The van der Waals surface area contributed by atoms with Crippen LogP contribution in [0.2, 0.25) is 0 Å². The van der Waals surface area contributed by atoms with Gasteiger partial charge >= 0.3 is 6.18 Å². The summed E-state index contributed by atoms with van der Waals surface area (Å²) in [6.07, 6.45) is -1.80. The highest BCUT2D eigenvalue weighted by Gasteiger charge is 2.35. The molecule has 28 heavy (non-hydrogen) atoms. The molecule has 7 nitrogen and oxygen atoms in total. The summed E-state index contributed by atoms with van der Waals surface area (Å²) >= 11 is 0. The average Bonchev–Trinajstić information content (AvgIpc) is 2.59. The second-order valence-electron chi connectivity index (χ2n) is 7.22. The van der Waals surface area contributed by atoms with Crippen LogP contribution in [0.4, 0.5) is 19.0 Å². The van der Waals surface area contributed by atoms with Crippen LogP contribution in [0.25, 0.3) is 0 Å². The van der Waals surface area contributed by atoms with Gasteiger partial charge in [-0.05, 0) is 45.4 Å². The van der Waals surface area contributed by atoms with Crippen LogP contribution < -0.4 is 11.1 Å². The lowest BCUT2D eigenvalue weighted by molar-refractivity contribution is -0.145. The lowest BCUT2D eigenvalue weighted by Crippen LogP contribution is -2.49. The van der Waals surface area contributed by atoms with Crippen molar-refractivity contribution in [3.8, 4) is 0 Å². The Balaban J connectivity index is 1.89. The molecule has 2 rings (SSSR count). The molecular weight excluding hydrogens is 375 g/mol. The zero-order chi connectivity index (χ0) is 21.1. The number of nitrogens with one attached hydrogen (secondary N) is 1. The first-order valence-corrected chi connectivity index (χ1v) is 9.25. The number of hydrogen-bond donors (Lipinski definition) is 2. The topological polar surface area (TPSA) is 101 Å². The lowest BCUT2D eigenvalue weighted by atomic mass is 9.90. The van der Waals surface area contributed by atoms with Gasteiger partial charge in [-0.3, -0.25) is 9.59 Å². The van der Waals surface area contributed by atoms with Crippen molar-refractivity contribution in [2.75, 3.05) is 18.8 Å². The van der Waals surface area contributed by atoms with Crippen molar-refractivity contribution in [2.24, 2.45) is 5.92 Å². The molecule has 0 unspecified atom stereocenters. The molecule has 0 radical (unpaired) electrons. The van der Waals surface area contributed by atoms with Gasteiger partial charge in [-0.2, -0.15) is 13.2 Å². The van der Waals surface area contributed by atoms with Crippen molar-refractivity contribution in [1.29, 1.82) is 0 Å². The fraction of sp³-hybridized carbons (Fsp3) is 0.667. The number of nitrogens with two attached hydrogens (primary N) is 1. The van der Waals surface area contributed by atoms with Gasteiger partial charge in [0.1, 0.15) is 11.9 Å². The van der Waals surface area contributed by atoms with Gasteiger partial charge < -0.3 is 16.0 Å². The van der Waals surface area contributed by atoms with Crippen molar-refractivity contribution in [2.45, 2.75) is 58.7 Å². The van der Waals surface area contributed by atoms with Gasteiger partial charge in [0.05, 0.1) is 0 Å². The largest absolute Gasteiger partial charge is 0.451 e. The van der Waals surface area contributed by atoms with E-state index in [1.165, 1.54) is 13.8 Å². The highest BCUT2D eigenvalue weighted by molar-refractivity contribution is 5.86. The average molecular weight is 401 g/mol. The zero-order valence-electron chi connectivity index (χ0n) is 16.3. The van der Waals surface area contributed by atoms with E-state index in [4.69, 9.17) is 5.73 Å². The van der Waals surface area contributed by atoms with E-state index in [1.54, 1.807) is 11.8 Å². The van der Waals surface area contributed by atoms with Gasteiger partial charge in [0.2, 0.25) is 17.6 Å². The summed E-state index contributed by atoms with van der Waals surface area (Å²) in [5, 5.41) is 2.59. The fourth-order valence-electron chi connectivity index (χ4n) is 3.48. The molecule has 156 valence electrons. The number of nitrogens with zero attached hydrogens (tertiary/aromatic N) is 3. The molecular formula is C18H26F3N5O2. The highest BCUT2D eigenvalue weighted by atomic mass is 19.4. The number of carbonyl (C=O) groups excluding carboxylic acids is 2. The highest BCUT2D eigenvalue weighted by Crippen LogP contribution is 2.30. The Hall–Kier alpha value is -2.39. The van der Waals surface area contributed by atoms with Crippen LogP contribution >= 0.6 is 0 Å². The van der Waals surface area contributed by atoms with Crippen LogP contribution in [0, 0.1) is 12.8 Å². The van der Waals surface area contributed by atoms with E-state index >= 15 is 0 Å². The number of alkyl halides is 3. The third kappa shape index (κ3) is 5.56. The molecule has 2 heterocycles. The minimum atomic E-state index is -4.62. The number of likely N-dealkylation sites (tertiary alicyclic amines) is 1. The summed E-state index contributed by atoms with van der Waals surface area (Å²) in [5.41, 5.74) is 6.52. The van der Waals surface area contributed by atoms with E-state index in [1.807, 2.05) is 0 Å². The third-order valence-corrected chi connectivity index (χ3v) is 5.02. The molecule has 1 aromatic heterocycles. The van der Waals surface area contributed by atoms with E-state index in [0.717, 1.165) is 19.3 Å². The minimum Gasteiger partial charge on any atom is -0.383 e. The third-order valence-electron chi connectivity index (χ3n) is 5.02. The second-order valence-corrected chi connectivity index (χ2v) is 7.22. The molecule has 1 saturated heterocycles. The zero-order valence-corrected chi connectivity index (χ0v) is 16.3. The molecule has 0 aromatic carbocycles. The summed E-state index contributed by atoms with van der Waals surface area (Å²) in [7, 11) is 0. The van der Waals surface area contributed by atoms with E-state index in [9.17, 15) is 22.8 Å². The Morgan fingerprint density at radius 1 is 1.29 bits per heavy atom. The van der Waals surface area contributed by atoms with E-state index in [2.05, 4.69) is 15.3 Å². The maximum Gasteiger partial charge on any atom is 0.451 e. The molecule has 3 N–H and O–H groups in total. The molecule has 10 heteroatoms. The standard InChI is InChI=1S/C18H26F3N5O2/c1-10-14(15(22)25-17(24-10)18(19,20)21)5-4-13-6-8-26(9-7-13)16(28)11(2)23-12(3)27/h11,13H,4-9H2,1-3H3,(H,23,27)(H2,22,24,25)/t11-/m0/s1. The number of aryl methyl sites for hydroxylation is 1. The van der Waals surface area contributed by atoms with Crippen LogP contribution in [0.1, 0.15) is 50.2 Å². The molecule has 0 spiro atoms. The SMILES string of the molecule is CC(=O)N[C@@H](C)C(=O)N1CCC(CCc2c(C)nc(C(F)(F)F)nc2N)CC1. The number of halogens is 3. The number of amides is 2. The number of piperidine rings is 1. The van der Waals surface area contributed by atoms with Gasteiger partial charge in [-0.1, -0.05) is 0 Å². The maximum atomic E-state index is 12.7. The number of anilines is 1. The van der Waals surface area contributed by atoms with Crippen molar-refractivity contribution in [1.82, 2.24) is 20.2 Å². The molecule has 1 fully saturated rings. The summed E-state index contributed by atoms with van der Waals surface area (Å²) in [6.45, 7) is 5.71. The Morgan fingerprint density at radius 3 is 2.39 bits per heavy atom. The van der Waals surface area contributed by atoms with Gasteiger partial charge in [0.25, 0.3) is 0 Å². The van der Waals surface area contributed by atoms with Crippen LogP contribution in [0.15, 0.2) is 0 Å². The monoisotopic (exact) mass is 401 g/mol. The fourth-order valence-corrected chi connectivity index (χ4v) is 3.48. The number of aromatic nitrogens is 2. The summed E-state index contributed by atoms with van der Waals surface area (Å²) < 4.78 is 38.2. The molecule has 2 amide bonds. The first kappa shape index (κ1) is 21.9. The molecule has 1 atom stereocenters. The minimum absolute atomic E-state index is 0.107. The van der Waals surface area contributed by atoms with Crippen LogP contribution in [0.3, 0.4) is 0 Å². The second kappa shape index (κ2) is 8.74. The first-order valence-electron chi connectivity index (χ1n) is 9.25. The van der Waals surface area contributed by atoms with Crippen molar-refractivity contribution >= 4 is 17.6 Å². The van der Waals surface area contributed by atoms with Crippen LogP contribution in [0.5, 0.6) is 0 Å². The van der Waals surface area contributed by atoms with Gasteiger partial charge in [-0.25, -0.2) is 9.97 Å². The van der Waals surface area contributed by atoms with Gasteiger partial charge in [0, 0.05) is 31.3 Å². The Bertz CT molecular complexity index is 707. The van der Waals surface area contributed by atoms with Gasteiger partial charge in [0.15, 0.2) is 0 Å². The summed E-state index contributed by atoms with van der Waals surface area (Å²) in [6, 6.07) is -0.555. The number of hydrogen-bond acceptors (Lipinski definition) is 5. The van der Waals surface area contributed by atoms with E-state index < -0.39 is 18.0 Å². The number of carbonyl (C=O) groups is 2. The maximum absolute atomic E-state index is 12.7. The summed E-state index contributed by atoms with van der Waals surface area (Å²) in [5.74, 6) is -1.36. The van der Waals surface area contributed by atoms with Crippen LogP contribution in [-0.2, 0) is 22.2 Å². The predicted octanol–water partition coefficient (Wildman–Crippen LogP) is 2.08. The molecule has 0 aliphatic carbocycles. The molecule has 1 aliphatic heterocycles. The molecule has 0 saturated carbocycles.